The van der Waals surface area contributed by atoms with E-state index in [9.17, 15) is 4.79 Å². The van der Waals surface area contributed by atoms with Crippen molar-refractivity contribution in [2.45, 2.75) is 6.92 Å². The molecular weight excluding hydrogens is 246 g/mol. The van der Waals surface area contributed by atoms with Gasteiger partial charge in [-0.3, -0.25) is 10.0 Å². The monoisotopic (exact) mass is 255 g/mol. The second-order valence-electron chi connectivity index (χ2n) is 2.82. The van der Waals surface area contributed by atoms with E-state index in [1.807, 2.05) is 24.3 Å². The first-order valence-corrected chi connectivity index (χ1v) is 4.81. The molecule has 0 radical (unpaired) electrons. The summed E-state index contributed by atoms with van der Waals surface area (Å²) in [6.07, 6.45) is 1.69. The van der Waals surface area contributed by atoms with E-state index in [1.54, 1.807) is 18.5 Å². The van der Waals surface area contributed by atoms with Crippen LogP contribution in [0, 0.1) is 0 Å². The molecule has 1 aromatic rings. The number of carbonyl (C=O) groups is 1. The van der Waals surface area contributed by atoms with Crippen LogP contribution in [0.5, 0.6) is 0 Å². The second-order valence-corrected chi connectivity index (χ2v) is 3.74. The summed E-state index contributed by atoms with van der Waals surface area (Å²) in [7, 11) is 0. The van der Waals surface area contributed by atoms with Crippen LogP contribution in [-0.4, -0.2) is 11.1 Å². The Labute approximate surface area is 90.5 Å². The Hall–Kier alpha value is -1.13. The zero-order valence-corrected chi connectivity index (χ0v) is 9.21. The molecule has 1 rings (SSSR count). The quantitative estimate of drug-likeness (QED) is 0.484. The topological polar surface area (TPSA) is 49.3 Å². The molecule has 74 valence electrons. The predicted octanol–water partition coefficient (Wildman–Crippen LogP) is 2.36. The molecule has 1 amide bonds. The fourth-order valence-corrected chi connectivity index (χ4v) is 1.23. The SMILES string of the molecule is CC(=Cc1ccc(Br)cc1)C(=O)NO. The van der Waals surface area contributed by atoms with Crippen molar-refractivity contribution in [2.24, 2.45) is 0 Å². The Kier molecular flexibility index (Phi) is 3.85. The van der Waals surface area contributed by atoms with Crippen molar-refractivity contribution in [2.75, 3.05) is 0 Å². The van der Waals surface area contributed by atoms with E-state index in [4.69, 9.17) is 5.21 Å². The van der Waals surface area contributed by atoms with Crippen LogP contribution in [0.25, 0.3) is 6.08 Å². The molecule has 0 spiro atoms. The van der Waals surface area contributed by atoms with E-state index >= 15 is 0 Å². The van der Waals surface area contributed by atoms with E-state index < -0.39 is 5.91 Å². The highest BCUT2D eigenvalue weighted by atomic mass is 79.9. The van der Waals surface area contributed by atoms with Gasteiger partial charge >= 0.3 is 0 Å². The summed E-state index contributed by atoms with van der Waals surface area (Å²) in [5.74, 6) is -0.493. The van der Waals surface area contributed by atoms with Crippen LogP contribution in [0.15, 0.2) is 34.3 Å². The number of rotatable bonds is 2. The molecule has 0 aliphatic rings. The van der Waals surface area contributed by atoms with Crippen molar-refractivity contribution < 1.29 is 10.0 Å². The lowest BCUT2D eigenvalue weighted by Crippen LogP contribution is -2.19. The number of halogens is 1. The smallest absolute Gasteiger partial charge is 0.270 e. The fourth-order valence-electron chi connectivity index (χ4n) is 0.963. The summed E-state index contributed by atoms with van der Waals surface area (Å²) in [6, 6.07) is 7.52. The van der Waals surface area contributed by atoms with Gasteiger partial charge in [-0.15, -0.1) is 0 Å². The maximum atomic E-state index is 10.9. The number of carbonyl (C=O) groups excluding carboxylic acids is 1. The maximum absolute atomic E-state index is 10.9. The summed E-state index contributed by atoms with van der Waals surface area (Å²) in [5, 5.41) is 8.38. The zero-order chi connectivity index (χ0) is 10.6. The van der Waals surface area contributed by atoms with E-state index in [1.165, 1.54) is 0 Å². The highest BCUT2D eigenvalue weighted by molar-refractivity contribution is 9.10. The molecule has 0 saturated carbocycles. The molecule has 0 aliphatic heterocycles. The summed E-state index contributed by atoms with van der Waals surface area (Å²) in [5.41, 5.74) is 2.94. The summed E-state index contributed by atoms with van der Waals surface area (Å²) < 4.78 is 0.985. The summed E-state index contributed by atoms with van der Waals surface area (Å²) in [4.78, 5) is 10.9. The number of nitrogens with one attached hydrogen (secondary N) is 1. The predicted molar refractivity (Wildman–Crippen MR) is 57.7 cm³/mol. The first-order chi connectivity index (χ1) is 6.63. The van der Waals surface area contributed by atoms with Gasteiger partial charge in [0.2, 0.25) is 0 Å². The van der Waals surface area contributed by atoms with Gasteiger partial charge in [-0.2, -0.15) is 0 Å². The standard InChI is InChI=1S/C10H10BrNO2/c1-7(10(13)12-14)6-8-2-4-9(11)5-3-8/h2-6,14H,1H3,(H,12,13). The molecular formula is C10H10BrNO2. The molecule has 0 aliphatic carbocycles. The van der Waals surface area contributed by atoms with Crippen LogP contribution in [-0.2, 0) is 4.79 Å². The van der Waals surface area contributed by atoms with Gasteiger partial charge in [0.05, 0.1) is 0 Å². The third kappa shape index (κ3) is 2.97. The summed E-state index contributed by atoms with van der Waals surface area (Å²) in [6.45, 7) is 1.63. The van der Waals surface area contributed by atoms with E-state index in [2.05, 4.69) is 15.9 Å². The molecule has 14 heavy (non-hydrogen) atoms. The van der Waals surface area contributed by atoms with Crippen LogP contribution in [0.4, 0.5) is 0 Å². The maximum Gasteiger partial charge on any atom is 0.270 e. The van der Waals surface area contributed by atoms with Crippen molar-refractivity contribution >= 4 is 27.9 Å². The molecule has 0 aromatic heterocycles. The molecule has 0 bridgehead atoms. The minimum Gasteiger partial charge on any atom is -0.288 e. The van der Waals surface area contributed by atoms with Gasteiger partial charge in [0.25, 0.3) is 5.91 Å². The van der Waals surface area contributed by atoms with Crippen LogP contribution in [0.3, 0.4) is 0 Å². The van der Waals surface area contributed by atoms with Crippen LogP contribution >= 0.6 is 15.9 Å². The van der Waals surface area contributed by atoms with Crippen LogP contribution < -0.4 is 5.48 Å². The van der Waals surface area contributed by atoms with Crippen molar-refractivity contribution in [3.63, 3.8) is 0 Å². The molecule has 0 unspecified atom stereocenters. The minimum atomic E-state index is -0.493. The summed E-state index contributed by atoms with van der Waals surface area (Å²) >= 11 is 3.31. The van der Waals surface area contributed by atoms with Gasteiger partial charge in [-0.25, -0.2) is 5.48 Å². The first kappa shape index (κ1) is 10.9. The lowest BCUT2D eigenvalue weighted by molar-refractivity contribution is -0.125. The lowest BCUT2D eigenvalue weighted by atomic mass is 10.1. The molecule has 1 aromatic carbocycles. The third-order valence-electron chi connectivity index (χ3n) is 1.71. The van der Waals surface area contributed by atoms with E-state index in [-0.39, 0.29) is 0 Å². The first-order valence-electron chi connectivity index (χ1n) is 4.02. The van der Waals surface area contributed by atoms with Gasteiger partial charge in [0.1, 0.15) is 0 Å². The average Bonchev–Trinajstić information content (AvgIpc) is 2.20. The number of amides is 1. The van der Waals surface area contributed by atoms with Gasteiger partial charge in [0.15, 0.2) is 0 Å². The highest BCUT2D eigenvalue weighted by Crippen LogP contribution is 2.12. The molecule has 3 nitrogen and oxygen atoms in total. The Morgan fingerprint density at radius 3 is 2.50 bits per heavy atom. The number of hydrogen-bond acceptors (Lipinski definition) is 2. The van der Waals surface area contributed by atoms with Crippen molar-refractivity contribution in [3.05, 3.63) is 39.9 Å². The number of hydrogen-bond donors (Lipinski definition) is 2. The fraction of sp³-hybridized carbons (Fsp3) is 0.100. The molecule has 0 atom stereocenters. The van der Waals surface area contributed by atoms with E-state index in [0.717, 1.165) is 10.0 Å². The van der Waals surface area contributed by atoms with Crippen LogP contribution in [0.2, 0.25) is 0 Å². The molecule has 2 N–H and O–H groups in total. The Morgan fingerprint density at radius 1 is 1.43 bits per heavy atom. The minimum absolute atomic E-state index is 0.454. The Balaban J connectivity index is 2.86. The van der Waals surface area contributed by atoms with Crippen molar-refractivity contribution in [1.82, 2.24) is 5.48 Å². The molecule has 0 saturated heterocycles. The van der Waals surface area contributed by atoms with Gasteiger partial charge < -0.3 is 0 Å². The largest absolute Gasteiger partial charge is 0.288 e. The Bertz CT molecular complexity index is 357. The average molecular weight is 256 g/mol. The normalized spacial score (nSPS) is 11.2. The zero-order valence-electron chi connectivity index (χ0n) is 7.62. The lowest BCUT2D eigenvalue weighted by Gasteiger charge is -1.98. The van der Waals surface area contributed by atoms with Gasteiger partial charge in [0, 0.05) is 10.0 Å². The number of benzene rings is 1. The third-order valence-corrected chi connectivity index (χ3v) is 2.24. The molecule has 0 heterocycles. The molecule has 0 fully saturated rings. The number of hydroxylamine groups is 1. The molecule has 4 heteroatoms. The van der Waals surface area contributed by atoms with Gasteiger partial charge in [-0.1, -0.05) is 28.1 Å². The second kappa shape index (κ2) is 4.93. The highest BCUT2D eigenvalue weighted by Gasteiger charge is 2.00. The van der Waals surface area contributed by atoms with E-state index in [0.29, 0.717) is 5.57 Å². The van der Waals surface area contributed by atoms with Crippen LogP contribution in [0.1, 0.15) is 12.5 Å². The Morgan fingerprint density at radius 2 is 2.00 bits per heavy atom. The van der Waals surface area contributed by atoms with Crippen molar-refractivity contribution in [3.8, 4) is 0 Å². The van der Waals surface area contributed by atoms with Crippen molar-refractivity contribution in [1.29, 1.82) is 0 Å². The van der Waals surface area contributed by atoms with Gasteiger partial charge in [-0.05, 0) is 30.7 Å².